The van der Waals surface area contributed by atoms with Gasteiger partial charge < -0.3 is 100 Å². The number of aliphatic hydroxyl groups excluding tert-OH is 2. The molecule has 3 aromatic carbocycles. The number of carbonyl (C=O) groups excluding carboxylic acids is 11. The van der Waals surface area contributed by atoms with Crippen LogP contribution in [0.2, 0.25) is 0 Å². The summed E-state index contributed by atoms with van der Waals surface area (Å²) >= 11 is 2.75. The Hall–Kier alpha value is -9.44. The lowest BCUT2D eigenvalue weighted by molar-refractivity contribution is -0.139. The van der Waals surface area contributed by atoms with Crippen LogP contribution in [-0.2, 0) is 94.7 Å². The van der Waals surface area contributed by atoms with Gasteiger partial charge in [0.05, 0.1) is 18.2 Å². The van der Waals surface area contributed by atoms with Crippen LogP contribution in [0.4, 0.5) is 5.82 Å². The fourth-order valence-corrected chi connectivity index (χ4v) is 14.0. The van der Waals surface area contributed by atoms with Gasteiger partial charge in [-0.3, -0.25) is 57.5 Å². The molecule has 0 unspecified atom stereocenters. The van der Waals surface area contributed by atoms with Crippen LogP contribution in [0.25, 0.3) is 0 Å². The number of rotatable bonds is 16. The number of primary amides is 1. The molecule has 0 fully saturated rings. The molecule has 1 aromatic heterocycles. The first-order chi connectivity index (χ1) is 50.7. The number of anilines is 1. The number of nitrogens with two attached hydrogens (primary N) is 1. The maximum absolute atomic E-state index is 14.9. The highest BCUT2D eigenvalue weighted by Crippen LogP contribution is 2.27. The van der Waals surface area contributed by atoms with E-state index in [0.717, 1.165) is 23.1 Å². The zero-order valence-electron chi connectivity index (χ0n) is 61.8. The van der Waals surface area contributed by atoms with Crippen LogP contribution in [0.1, 0.15) is 140 Å². The summed E-state index contributed by atoms with van der Waals surface area (Å²) in [5, 5.41) is 85.4. The topological polar surface area (TPSA) is 492 Å². The number of H-pyrrole nitrogens is 1. The molecule has 586 valence electrons. The maximum Gasteiger partial charge on any atom is 0.303 e. The number of aromatic amines is 1. The van der Waals surface area contributed by atoms with E-state index in [1.807, 2.05) is 24.3 Å². The quantitative estimate of drug-likeness (QED) is 0.0743. The summed E-state index contributed by atoms with van der Waals surface area (Å²) in [5.74, 6) is -9.09. The predicted molar refractivity (Wildman–Crippen MR) is 404 cm³/mol. The van der Waals surface area contributed by atoms with Crippen LogP contribution in [0, 0.1) is 5.41 Å². The summed E-state index contributed by atoms with van der Waals surface area (Å²) in [6.07, 6.45) is -1.32. The molecule has 0 aliphatic carbocycles. The number of benzene rings is 3. The first-order valence-electron chi connectivity index (χ1n) is 36.1. The number of aromatic nitrogens is 1. The molecule has 20 N–H and O–H groups in total. The second-order valence-electron chi connectivity index (χ2n) is 28.2. The number of nitrogens with one attached hydrogen (secondary N) is 13. The van der Waals surface area contributed by atoms with Gasteiger partial charge in [-0.15, -0.1) is 0 Å². The third-order valence-corrected chi connectivity index (χ3v) is 20.2. The van der Waals surface area contributed by atoms with E-state index in [0.29, 0.717) is 52.7 Å². The number of phenols is 2. The zero-order chi connectivity index (χ0) is 78.7. The van der Waals surface area contributed by atoms with Crippen LogP contribution in [0.15, 0.2) is 79.0 Å². The van der Waals surface area contributed by atoms with Crippen molar-refractivity contribution in [2.24, 2.45) is 11.1 Å². The van der Waals surface area contributed by atoms with E-state index in [1.54, 1.807) is 52.9 Å². The van der Waals surface area contributed by atoms with Gasteiger partial charge in [0.2, 0.25) is 65.0 Å². The van der Waals surface area contributed by atoms with E-state index in [-0.39, 0.29) is 81.1 Å². The van der Waals surface area contributed by atoms with Gasteiger partial charge in [-0.05, 0) is 122 Å². The van der Waals surface area contributed by atoms with E-state index in [2.05, 4.69) is 68.8 Å². The van der Waals surface area contributed by atoms with Crippen LogP contribution in [0.5, 0.6) is 11.5 Å². The van der Waals surface area contributed by atoms with Gasteiger partial charge in [0, 0.05) is 74.0 Å². The van der Waals surface area contributed by atoms with Crippen molar-refractivity contribution in [2.75, 3.05) is 29.9 Å². The summed E-state index contributed by atoms with van der Waals surface area (Å²) in [6, 6.07) is 4.08. The third kappa shape index (κ3) is 28.0. The standard InChI is InChI=1S/C74H106N14O17S2/c1-9-13-52-66(98)82-54(26-27-59(94)95)67(99)83-55(33-44-20-24-50(92)25-21-44)69(101)81-53(14-10-2)68(100)88-61(42(5)90)72(104)85-57(63(75)96)39-107-38-46-16-11-15-45(31-46)37-106-30-28-58(93)86-62(74(6,7)8)73(105)79-48(32-43-18-22-49(91)23-19-43)36-77-40(3)65(97)87-60(41(4)89)71(103)84-56(70(102)80-52)34-47-35-78-64-51(47)17-12-29-76-64/h11,15-16,18-25,31,35,40-42,48,52-57,60-62,76-78,89-92H,9-10,12-14,17,26-30,32-34,36-39H2,1-8H3,(H2,75,96)(H,79,105)(H,80,102)(H,81,101)(H,82,98)(H,83,99)(H,84,103)(H,85,104)(H,86,93)(H,87,97)(H,88,100)(H,94,95)/t40-,41-,42-,48+,52+,53+,54+,55+,56+,57-,60+,61+,62-/m1/s1. The Morgan fingerprint density at radius 3 is 1.62 bits per heavy atom. The minimum atomic E-state index is -1.72. The number of amides is 11. The minimum Gasteiger partial charge on any atom is -0.508 e. The van der Waals surface area contributed by atoms with Gasteiger partial charge in [0.25, 0.3) is 0 Å². The Morgan fingerprint density at radius 2 is 1.07 bits per heavy atom. The van der Waals surface area contributed by atoms with Crippen molar-refractivity contribution >= 4 is 100 Å². The number of fused-ring (bicyclic) bond motifs is 3. The Kier molecular flexibility index (Phi) is 34.1. The van der Waals surface area contributed by atoms with Crippen molar-refractivity contribution in [1.29, 1.82) is 0 Å². The number of thioether (sulfide) groups is 2. The van der Waals surface area contributed by atoms with Crippen molar-refractivity contribution in [3.8, 4) is 11.5 Å². The molecular weight excluding hydrogens is 1420 g/mol. The summed E-state index contributed by atoms with van der Waals surface area (Å²) < 4.78 is 0. The SMILES string of the molecule is CCC[C@@H]1NC(=O)[C@H](Cc2c[nH]c3c2CCCN3)NC(=O)[C@H]([C@@H](C)O)NC(=O)[C@@H](C)NC[C@H](Cc2ccc(O)cc2)NC(=O)[C@H](C(C)(C)C)NC(=O)CCSCc2cccc(c2)CSC[C@H](C(N)=O)NC(=O)[C@H]([C@@H](C)O)NC(=O)[C@H](CCC)NC(=O)[C@H](Cc2ccc(O)cc2)NC(=O)[C@H](CCC(=O)O)NC1=O. The average molecular weight is 1530 g/mol. The Labute approximate surface area is 631 Å². The number of aliphatic carboxylic acids is 1. The van der Waals surface area contributed by atoms with Gasteiger partial charge in [-0.1, -0.05) is 96.0 Å². The largest absolute Gasteiger partial charge is 0.508 e. The number of aliphatic hydroxyl groups is 2. The molecule has 2 aliphatic heterocycles. The monoisotopic (exact) mass is 1530 g/mol. The Bertz CT molecular complexity index is 3700. The van der Waals surface area contributed by atoms with Gasteiger partial charge in [-0.25, -0.2) is 0 Å². The van der Waals surface area contributed by atoms with Gasteiger partial charge in [0.15, 0.2) is 0 Å². The molecule has 2 aliphatic rings. The second-order valence-corrected chi connectivity index (χ2v) is 30.4. The highest BCUT2D eigenvalue weighted by molar-refractivity contribution is 7.98. The predicted octanol–water partition coefficient (Wildman–Crippen LogP) is 0.966. The molecule has 0 spiro atoms. The lowest BCUT2D eigenvalue weighted by Crippen LogP contribution is -2.62. The maximum atomic E-state index is 14.9. The molecular formula is C74H106N14O17S2. The van der Waals surface area contributed by atoms with Crippen LogP contribution in [-0.4, -0.2) is 205 Å². The Morgan fingerprint density at radius 1 is 0.579 bits per heavy atom. The molecule has 0 saturated heterocycles. The second kappa shape index (κ2) is 42.2. The van der Waals surface area contributed by atoms with Crippen molar-refractivity contribution in [1.82, 2.24) is 63.5 Å². The van der Waals surface area contributed by atoms with E-state index in [1.165, 1.54) is 80.7 Å². The highest BCUT2D eigenvalue weighted by atomic mass is 32.2. The smallest absolute Gasteiger partial charge is 0.303 e. The minimum absolute atomic E-state index is 0.00388. The highest BCUT2D eigenvalue weighted by Gasteiger charge is 2.39. The van der Waals surface area contributed by atoms with Crippen molar-refractivity contribution in [2.45, 2.75) is 223 Å². The first kappa shape index (κ1) is 86.5. The summed E-state index contributed by atoms with van der Waals surface area (Å²) in [5.41, 5.74) is 9.25. The molecule has 13 atom stereocenters. The lowest BCUT2D eigenvalue weighted by Gasteiger charge is -2.32. The summed E-state index contributed by atoms with van der Waals surface area (Å²) in [4.78, 5) is 172. The van der Waals surface area contributed by atoms with E-state index >= 15 is 0 Å². The van der Waals surface area contributed by atoms with Gasteiger partial charge in [0.1, 0.15) is 71.7 Å². The van der Waals surface area contributed by atoms with E-state index < -0.39 is 162 Å². The molecule has 107 heavy (non-hydrogen) atoms. The molecule has 0 radical (unpaired) electrons. The van der Waals surface area contributed by atoms with Crippen LogP contribution in [0.3, 0.4) is 0 Å². The summed E-state index contributed by atoms with van der Waals surface area (Å²) in [7, 11) is 0. The zero-order valence-corrected chi connectivity index (χ0v) is 63.4. The normalized spacial score (nSPS) is 24.7. The Balaban J connectivity index is 1.34. The molecule has 31 nitrogen and oxygen atoms in total. The van der Waals surface area contributed by atoms with Gasteiger partial charge in [-0.2, -0.15) is 23.5 Å². The molecule has 4 aromatic rings. The van der Waals surface area contributed by atoms with Crippen molar-refractivity contribution < 1.29 is 83.1 Å². The molecule has 3 heterocycles. The number of hydrogen-bond acceptors (Lipinski definition) is 20. The average Bonchev–Trinajstić information content (AvgIpc) is 1.65. The van der Waals surface area contributed by atoms with E-state index in [9.17, 15) is 83.1 Å². The first-order valence-corrected chi connectivity index (χ1v) is 38.4. The van der Waals surface area contributed by atoms with E-state index in [4.69, 9.17) is 5.73 Å². The van der Waals surface area contributed by atoms with Crippen molar-refractivity contribution in [3.63, 3.8) is 0 Å². The molecule has 33 heteroatoms. The molecule has 0 saturated carbocycles. The van der Waals surface area contributed by atoms with Crippen molar-refractivity contribution in [3.05, 3.63) is 112 Å². The fraction of sp³-hybridized carbons (Fsp3) is 0.541. The molecule has 6 rings (SSSR count). The van der Waals surface area contributed by atoms with Crippen LogP contribution < -0.4 is 69.5 Å². The third-order valence-electron chi connectivity index (χ3n) is 18.1. The van der Waals surface area contributed by atoms with Gasteiger partial charge >= 0.3 is 5.97 Å². The lowest BCUT2D eigenvalue weighted by atomic mass is 9.85. The molecule has 2 bridgehead atoms. The number of carboxylic acid groups (broad SMARTS) is 1. The number of aromatic hydroxyl groups is 2. The molecule has 11 amide bonds. The van der Waals surface area contributed by atoms with Crippen LogP contribution >= 0.6 is 23.5 Å². The fourth-order valence-electron chi connectivity index (χ4n) is 12.1. The number of carboxylic acids is 1. The summed E-state index contributed by atoms with van der Waals surface area (Å²) in [6.45, 7) is 13.4. The number of carbonyl (C=O) groups is 12. The number of phenolic OH excluding ortho intramolecular Hbond substituents is 2. The number of hydrogen-bond donors (Lipinski definition) is 19.